The molecule has 2 aromatic heterocycles. The fraction of sp³-hybridized carbons (Fsp3) is 0.0822. The van der Waals surface area contributed by atoms with Crippen molar-refractivity contribution in [2.45, 2.75) is 26.1 Å². The van der Waals surface area contributed by atoms with Crippen LogP contribution in [-0.4, -0.2) is 85.5 Å². The quantitative estimate of drug-likeness (QED) is 0.0614. The Morgan fingerprint density at radius 1 is 0.375 bits per heavy atom. The number of benzene rings is 10. The summed E-state index contributed by atoms with van der Waals surface area (Å²) in [7, 11) is 1.29. The van der Waals surface area contributed by atoms with Crippen molar-refractivity contribution >= 4 is 14.4 Å². The normalized spacial score (nSPS) is 11.3. The minimum atomic E-state index is -0.835. The number of aromatic hydroxyl groups is 2. The van der Waals surface area contributed by atoms with Gasteiger partial charge in [-0.2, -0.15) is 0 Å². The van der Waals surface area contributed by atoms with Crippen molar-refractivity contribution in [3.05, 3.63) is 255 Å². The zero-order chi connectivity index (χ0) is 59.4. The van der Waals surface area contributed by atoms with E-state index in [0.717, 1.165) is 66.8 Å². The topological polar surface area (TPSA) is 183 Å². The van der Waals surface area contributed by atoms with Crippen LogP contribution in [-0.2, 0) is 9.53 Å². The Labute approximate surface area is 536 Å². The standard InChI is InChI=1S/C37H29N3O4.C36H29N3O3.B.Na.H/c1-24(37(42)43-2)44-31-21-22-32(33(41)23-31)36-39-34(29-17-13-27(14-18-29)25-9-5-3-6-10-25)38-35(40-36)30-19-15-28(16-20-30)26-11-7-4-8-12-26;1-24(23-40)42-31-20-21-32(33(41)22-31)36-38-34(29-16-12-27(13-17-29)25-8-4-2-5-9-25)37-35(39-36)30-18-14-28(15-19-30)26-10-6-3-7-11-26;;;/h3-24,41H,1-2H3;2-22,24,40-41H,23H2,1H3;;;/q;;;+1;-1. The first-order valence-corrected chi connectivity index (χ1v) is 27.9. The smallest absolute Gasteiger partial charge is 1.00 e. The minimum Gasteiger partial charge on any atom is -1.00 e. The van der Waals surface area contributed by atoms with E-state index in [1.54, 1.807) is 38.1 Å². The number of esters is 1. The van der Waals surface area contributed by atoms with Gasteiger partial charge in [0.25, 0.3) is 0 Å². The van der Waals surface area contributed by atoms with Crippen LogP contribution in [0.1, 0.15) is 15.3 Å². The van der Waals surface area contributed by atoms with Crippen molar-refractivity contribution in [2.24, 2.45) is 0 Å². The first-order valence-electron chi connectivity index (χ1n) is 27.9. The van der Waals surface area contributed by atoms with Crippen LogP contribution in [0.25, 0.3) is 113 Å². The van der Waals surface area contributed by atoms with Gasteiger partial charge in [0.1, 0.15) is 29.1 Å². The maximum atomic E-state index is 11.8. The van der Waals surface area contributed by atoms with Crippen molar-refractivity contribution < 1.29 is 65.3 Å². The van der Waals surface area contributed by atoms with Crippen LogP contribution in [0, 0.1) is 0 Å². The molecule has 0 aliphatic heterocycles. The van der Waals surface area contributed by atoms with Crippen molar-refractivity contribution in [3.8, 4) is 136 Å². The molecule has 0 fully saturated rings. The molecule has 10 aromatic carbocycles. The molecule has 12 aromatic rings. The second-order valence-corrected chi connectivity index (χ2v) is 20.1. The van der Waals surface area contributed by atoms with Gasteiger partial charge in [0.15, 0.2) is 41.1 Å². The summed E-state index contributed by atoms with van der Waals surface area (Å²) in [4.78, 5) is 40.6. The number of phenols is 2. The zero-order valence-electron chi connectivity index (χ0n) is 49.8. The molecule has 2 heterocycles. The van der Waals surface area contributed by atoms with E-state index in [0.29, 0.717) is 57.6 Å². The number of aromatic nitrogens is 6. The third-order valence-electron chi connectivity index (χ3n) is 14.1. The molecule has 12 rings (SSSR count). The fourth-order valence-corrected chi connectivity index (χ4v) is 9.51. The van der Waals surface area contributed by atoms with Crippen molar-refractivity contribution in [1.82, 2.24) is 29.9 Å². The van der Waals surface area contributed by atoms with E-state index in [1.165, 1.54) is 19.2 Å². The van der Waals surface area contributed by atoms with E-state index in [-0.39, 0.29) is 57.5 Å². The molecular weight excluding hydrogens is 1110 g/mol. The number of hydrogen-bond acceptors (Lipinski definition) is 13. The van der Waals surface area contributed by atoms with Crippen LogP contribution in [0.4, 0.5) is 0 Å². The van der Waals surface area contributed by atoms with E-state index in [2.05, 4.69) is 48.5 Å². The summed E-state index contributed by atoms with van der Waals surface area (Å²) in [5.41, 5.74) is 12.9. The average molecular weight is 1170 g/mol. The summed E-state index contributed by atoms with van der Waals surface area (Å²) in [6, 6.07) is 82.6. The predicted octanol–water partition coefficient (Wildman–Crippen LogP) is 12.3. The number of aliphatic hydroxyl groups excluding tert-OH is 1. The van der Waals surface area contributed by atoms with E-state index < -0.39 is 18.2 Å². The van der Waals surface area contributed by atoms with E-state index in [9.17, 15) is 20.1 Å². The Kier molecular flexibility index (Phi) is 20.8. The second-order valence-electron chi connectivity index (χ2n) is 20.1. The average Bonchev–Trinajstić information content (AvgIpc) is 2.72. The van der Waals surface area contributed by atoms with Crippen LogP contribution < -0.4 is 39.0 Å². The summed E-state index contributed by atoms with van der Waals surface area (Å²) in [5, 5.41) is 31.3. The number of aliphatic hydroxyl groups is 1. The van der Waals surface area contributed by atoms with Crippen LogP contribution in [0.2, 0.25) is 0 Å². The summed E-state index contributed by atoms with van der Waals surface area (Å²) >= 11 is 0. The summed E-state index contributed by atoms with van der Waals surface area (Å²) < 4.78 is 16.0. The van der Waals surface area contributed by atoms with Gasteiger partial charge >= 0.3 is 35.5 Å². The molecule has 15 heteroatoms. The molecule has 0 bridgehead atoms. The molecular formula is C73H59BN6NaO7. The number of carbonyl (C=O) groups is 1. The summed E-state index contributed by atoms with van der Waals surface area (Å²) in [6.07, 6.45) is -1.23. The summed E-state index contributed by atoms with van der Waals surface area (Å²) in [6.45, 7) is 3.20. The molecule has 88 heavy (non-hydrogen) atoms. The Bertz CT molecular complexity index is 4060. The molecule has 13 nitrogen and oxygen atoms in total. The van der Waals surface area contributed by atoms with Crippen LogP contribution >= 0.6 is 0 Å². The number of methoxy groups -OCH3 is 1. The first kappa shape index (κ1) is 62.4. The Morgan fingerprint density at radius 2 is 0.625 bits per heavy atom. The maximum absolute atomic E-state index is 11.8. The number of rotatable bonds is 16. The number of ether oxygens (including phenoxy) is 3. The number of nitrogens with zero attached hydrogens (tertiary/aromatic N) is 6. The van der Waals surface area contributed by atoms with Gasteiger partial charge in [-0.3, -0.25) is 0 Å². The zero-order valence-corrected chi connectivity index (χ0v) is 50.8. The Hall–Kier alpha value is -10.1. The molecule has 3 N–H and O–H groups in total. The number of phenolic OH excluding ortho intramolecular Hbond substituents is 2. The second kappa shape index (κ2) is 29.3. The van der Waals surface area contributed by atoms with Gasteiger partial charge < -0.3 is 31.0 Å². The number of carbonyl (C=O) groups excluding carboxylic acids is 1. The van der Waals surface area contributed by atoms with E-state index in [4.69, 9.17) is 44.1 Å². The molecule has 0 aliphatic carbocycles. The fourth-order valence-electron chi connectivity index (χ4n) is 9.51. The van der Waals surface area contributed by atoms with E-state index in [1.807, 2.05) is 170 Å². The van der Waals surface area contributed by atoms with Crippen LogP contribution in [0.5, 0.6) is 23.0 Å². The molecule has 0 saturated heterocycles. The van der Waals surface area contributed by atoms with Gasteiger partial charge in [0.05, 0.1) is 24.8 Å². The molecule has 2 atom stereocenters. The van der Waals surface area contributed by atoms with Gasteiger partial charge in [-0.15, -0.1) is 0 Å². The van der Waals surface area contributed by atoms with Crippen LogP contribution in [0.3, 0.4) is 0 Å². The molecule has 0 aliphatic rings. The maximum Gasteiger partial charge on any atom is 1.00 e. The first-order chi connectivity index (χ1) is 42.0. The number of hydrogen-bond donors (Lipinski definition) is 3. The van der Waals surface area contributed by atoms with Gasteiger partial charge in [0.2, 0.25) is 0 Å². The van der Waals surface area contributed by atoms with Crippen molar-refractivity contribution in [3.63, 3.8) is 0 Å². The predicted molar refractivity (Wildman–Crippen MR) is 343 cm³/mol. The van der Waals surface area contributed by atoms with Gasteiger partial charge in [-0.25, -0.2) is 34.7 Å². The Morgan fingerprint density at radius 3 is 0.886 bits per heavy atom. The van der Waals surface area contributed by atoms with Gasteiger partial charge in [-0.1, -0.05) is 218 Å². The molecule has 427 valence electrons. The van der Waals surface area contributed by atoms with Crippen LogP contribution in [0.15, 0.2) is 255 Å². The largest absolute Gasteiger partial charge is 1.00 e. The monoisotopic (exact) mass is 1170 g/mol. The molecule has 0 spiro atoms. The Balaban J connectivity index is 0.000000223. The van der Waals surface area contributed by atoms with Gasteiger partial charge in [-0.05, 0) is 82.6 Å². The third kappa shape index (κ3) is 15.1. The van der Waals surface area contributed by atoms with E-state index >= 15 is 0 Å². The van der Waals surface area contributed by atoms with Crippen molar-refractivity contribution in [2.75, 3.05) is 13.7 Å². The van der Waals surface area contributed by atoms with Crippen molar-refractivity contribution in [1.29, 1.82) is 0 Å². The molecule has 0 amide bonds. The van der Waals surface area contributed by atoms with Gasteiger partial charge in [0, 0.05) is 42.8 Å². The SMILES string of the molecule is CC(CO)Oc1ccc(-c2nc(-c3ccc(-c4ccccc4)cc3)nc(-c3ccc(-c4ccccc4)cc3)n2)c(O)c1.COC(=O)C(C)Oc1ccc(-c2nc(-c3ccc(-c4ccccc4)cc3)nc(-c3ccc(-c4ccccc4)cc3)n2)c(O)c1.[B].[H-].[Na+]. The third-order valence-corrected chi connectivity index (χ3v) is 14.1. The minimum absolute atomic E-state index is 0. The molecule has 3 radical (unpaired) electrons. The summed E-state index contributed by atoms with van der Waals surface area (Å²) in [5.74, 6) is 2.69. The molecule has 2 unspecified atom stereocenters. The molecule has 0 saturated carbocycles.